The maximum Gasteiger partial charge on any atom is 0.332 e. The fourth-order valence-electron chi connectivity index (χ4n) is 1.48. The maximum absolute atomic E-state index is 9.45. The summed E-state index contributed by atoms with van der Waals surface area (Å²) in [6.45, 7) is 5.75. The van der Waals surface area contributed by atoms with Gasteiger partial charge < -0.3 is 20.0 Å². The van der Waals surface area contributed by atoms with Gasteiger partial charge in [-0.3, -0.25) is 0 Å². The molecule has 0 bridgehead atoms. The van der Waals surface area contributed by atoms with Crippen LogP contribution in [0.1, 0.15) is 39.5 Å². The number of unbranched alkanes of at least 4 members (excludes halogenated alkanes) is 3. The Bertz CT molecular complexity index is 255. The molecule has 1 heterocycles. The number of aliphatic carboxylic acids is 1. The number of carbonyl (C=O) groups is 1. The Morgan fingerprint density at radius 1 is 1.33 bits per heavy atom. The maximum atomic E-state index is 9.45. The number of aliphatic hydroxyl groups excluding tert-OH is 1. The number of hydrogen-bond donors (Lipinski definition) is 2. The molecule has 18 heavy (non-hydrogen) atoms. The summed E-state index contributed by atoms with van der Waals surface area (Å²) in [7, 11) is 2.11. The summed E-state index contributed by atoms with van der Waals surface area (Å²) in [5, 5.41) is 15.8. The molecule has 0 spiro atoms. The molecule has 5 heteroatoms. The molecule has 0 radical (unpaired) electrons. The van der Waals surface area contributed by atoms with Crippen LogP contribution in [-0.4, -0.2) is 52.3 Å². The lowest BCUT2D eigenvalue weighted by Gasteiger charge is -2.17. The average molecular weight is 258 g/mol. The smallest absolute Gasteiger partial charge is 0.332 e. The molecule has 1 aliphatic rings. The van der Waals surface area contributed by atoms with Gasteiger partial charge >= 0.3 is 5.97 Å². The average Bonchev–Trinajstić information content (AvgIpc) is 2.71. The molecule has 1 unspecified atom stereocenters. The molecule has 1 rings (SSSR count). The van der Waals surface area contributed by atoms with E-state index in [2.05, 4.69) is 36.2 Å². The molecule has 0 fully saturated rings. The SMILES string of the molecule is CC(O)C(=O)O.CCCCCCN1C=CN(C)C1. The summed E-state index contributed by atoms with van der Waals surface area (Å²) >= 11 is 0. The Morgan fingerprint density at radius 3 is 2.33 bits per heavy atom. The minimum atomic E-state index is -1.23. The standard InChI is InChI=1S/C10H20N2.C3H6O3/c1-3-4-5-6-7-12-9-8-11(2)10-12;1-2(4)3(5)6/h8-9H,3-7,10H2,1-2H3;2,4H,1H3,(H,5,6). The van der Waals surface area contributed by atoms with E-state index in [-0.39, 0.29) is 0 Å². The van der Waals surface area contributed by atoms with E-state index in [0.717, 1.165) is 6.67 Å². The molecule has 2 N–H and O–H groups in total. The first-order valence-corrected chi connectivity index (χ1v) is 6.50. The van der Waals surface area contributed by atoms with Gasteiger partial charge in [-0.1, -0.05) is 26.2 Å². The predicted molar refractivity (Wildman–Crippen MR) is 71.9 cm³/mol. The summed E-state index contributed by atoms with van der Waals surface area (Å²) in [5.74, 6) is -1.19. The van der Waals surface area contributed by atoms with Crippen LogP contribution in [0, 0.1) is 0 Å². The number of rotatable bonds is 6. The second-order valence-electron chi connectivity index (χ2n) is 4.58. The van der Waals surface area contributed by atoms with Gasteiger partial charge in [0.25, 0.3) is 0 Å². The number of hydrogen-bond acceptors (Lipinski definition) is 4. The molecular weight excluding hydrogens is 232 g/mol. The first-order valence-electron chi connectivity index (χ1n) is 6.50. The van der Waals surface area contributed by atoms with Gasteiger partial charge in [0.05, 0.1) is 6.67 Å². The molecule has 106 valence electrons. The van der Waals surface area contributed by atoms with E-state index in [1.54, 1.807) is 0 Å². The van der Waals surface area contributed by atoms with Crippen molar-refractivity contribution in [2.24, 2.45) is 0 Å². The van der Waals surface area contributed by atoms with Crippen LogP contribution in [-0.2, 0) is 4.79 Å². The number of carboxylic acids is 1. The van der Waals surface area contributed by atoms with E-state index in [9.17, 15) is 4.79 Å². The van der Waals surface area contributed by atoms with Crippen molar-refractivity contribution in [3.05, 3.63) is 12.4 Å². The minimum Gasteiger partial charge on any atom is -0.479 e. The Balaban J connectivity index is 0.000000411. The third-order valence-corrected chi connectivity index (χ3v) is 2.59. The van der Waals surface area contributed by atoms with Gasteiger partial charge in [0, 0.05) is 26.0 Å². The van der Waals surface area contributed by atoms with Gasteiger partial charge in [0.2, 0.25) is 0 Å². The topological polar surface area (TPSA) is 64.0 Å². The molecular formula is C13H26N2O3. The number of carboxylic acid groups (broad SMARTS) is 1. The first-order chi connectivity index (χ1) is 8.47. The zero-order chi connectivity index (χ0) is 14.0. The quantitative estimate of drug-likeness (QED) is 0.710. The summed E-state index contributed by atoms with van der Waals surface area (Å²) in [6, 6.07) is 0. The molecule has 1 aliphatic heterocycles. The highest BCUT2D eigenvalue weighted by Gasteiger charge is 2.06. The fraction of sp³-hybridized carbons (Fsp3) is 0.769. The first kappa shape index (κ1) is 16.8. The Kier molecular flexibility index (Phi) is 9.10. The van der Waals surface area contributed by atoms with Crippen LogP contribution in [0.3, 0.4) is 0 Å². The number of aliphatic hydroxyl groups is 1. The van der Waals surface area contributed by atoms with Gasteiger partial charge in [-0.2, -0.15) is 0 Å². The summed E-state index contributed by atoms with van der Waals surface area (Å²) in [5.41, 5.74) is 0. The monoisotopic (exact) mass is 258 g/mol. The van der Waals surface area contributed by atoms with Gasteiger partial charge in [0.15, 0.2) is 0 Å². The van der Waals surface area contributed by atoms with Crippen LogP contribution in [0.5, 0.6) is 0 Å². The minimum absolute atomic E-state index is 1.08. The highest BCUT2D eigenvalue weighted by atomic mass is 16.4. The molecule has 0 amide bonds. The van der Waals surface area contributed by atoms with E-state index < -0.39 is 12.1 Å². The molecule has 0 saturated carbocycles. The van der Waals surface area contributed by atoms with Gasteiger partial charge in [0.1, 0.15) is 6.10 Å². The zero-order valence-corrected chi connectivity index (χ0v) is 11.7. The van der Waals surface area contributed by atoms with Crippen LogP contribution in [0.4, 0.5) is 0 Å². The highest BCUT2D eigenvalue weighted by Crippen LogP contribution is 2.06. The van der Waals surface area contributed by atoms with E-state index in [1.165, 1.54) is 39.2 Å². The Morgan fingerprint density at radius 2 is 1.94 bits per heavy atom. The molecule has 5 nitrogen and oxygen atoms in total. The van der Waals surface area contributed by atoms with E-state index in [0.29, 0.717) is 0 Å². The van der Waals surface area contributed by atoms with Crippen molar-refractivity contribution in [3.8, 4) is 0 Å². The van der Waals surface area contributed by atoms with Gasteiger partial charge in [-0.15, -0.1) is 0 Å². The lowest BCUT2D eigenvalue weighted by atomic mass is 10.2. The van der Waals surface area contributed by atoms with Crippen molar-refractivity contribution in [2.75, 3.05) is 20.3 Å². The fourth-order valence-corrected chi connectivity index (χ4v) is 1.48. The zero-order valence-electron chi connectivity index (χ0n) is 11.7. The molecule has 0 aromatic rings. The van der Waals surface area contributed by atoms with Crippen molar-refractivity contribution in [1.29, 1.82) is 0 Å². The normalized spacial score (nSPS) is 15.3. The Labute approximate surface area is 110 Å². The molecule has 0 aromatic carbocycles. The van der Waals surface area contributed by atoms with Crippen LogP contribution in [0.25, 0.3) is 0 Å². The summed E-state index contributed by atoms with van der Waals surface area (Å²) in [4.78, 5) is 14.0. The van der Waals surface area contributed by atoms with E-state index >= 15 is 0 Å². The molecule has 0 saturated heterocycles. The van der Waals surface area contributed by atoms with Crippen molar-refractivity contribution >= 4 is 5.97 Å². The van der Waals surface area contributed by atoms with Crippen molar-refractivity contribution in [2.45, 2.75) is 45.6 Å². The third kappa shape index (κ3) is 8.87. The van der Waals surface area contributed by atoms with Crippen LogP contribution < -0.4 is 0 Å². The van der Waals surface area contributed by atoms with Crippen molar-refractivity contribution in [1.82, 2.24) is 9.80 Å². The van der Waals surface area contributed by atoms with Crippen molar-refractivity contribution < 1.29 is 15.0 Å². The largest absolute Gasteiger partial charge is 0.479 e. The molecule has 0 aliphatic carbocycles. The second kappa shape index (κ2) is 9.76. The third-order valence-electron chi connectivity index (χ3n) is 2.59. The second-order valence-corrected chi connectivity index (χ2v) is 4.58. The Hall–Kier alpha value is -1.23. The lowest BCUT2D eigenvalue weighted by Crippen LogP contribution is -2.23. The van der Waals surface area contributed by atoms with E-state index in [1.807, 2.05) is 0 Å². The van der Waals surface area contributed by atoms with E-state index in [4.69, 9.17) is 10.2 Å². The van der Waals surface area contributed by atoms with Crippen molar-refractivity contribution in [3.63, 3.8) is 0 Å². The van der Waals surface area contributed by atoms with Gasteiger partial charge in [-0.25, -0.2) is 4.79 Å². The summed E-state index contributed by atoms with van der Waals surface area (Å²) < 4.78 is 0. The number of nitrogens with zero attached hydrogens (tertiary/aromatic N) is 2. The molecule has 1 atom stereocenters. The summed E-state index contributed by atoms with van der Waals surface area (Å²) in [6.07, 6.45) is 8.52. The molecule has 0 aromatic heterocycles. The van der Waals surface area contributed by atoms with Crippen LogP contribution in [0.2, 0.25) is 0 Å². The lowest BCUT2D eigenvalue weighted by molar-refractivity contribution is -0.145. The van der Waals surface area contributed by atoms with Crippen LogP contribution in [0.15, 0.2) is 12.4 Å². The van der Waals surface area contributed by atoms with Gasteiger partial charge in [-0.05, 0) is 13.3 Å². The predicted octanol–water partition coefficient (Wildman–Crippen LogP) is 1.69. The highest BCUT2D eigenvalue weighted by molar-refractivity contribution is 5.71. The van der Waals surface area contributed by atoms with Crippen LogP contribution >= 0.6 is 0 Å².